The normalized spacial score (nSPS) is 10.9. The molecule has 0 spiro atoms. The summed E-state index contributed by atoms with van der Waals surface area (Å²) < 4.78 is 7.17. The molecule has 5 nitrogen and oxygen atoms in total. The molecule has 1 aromatic heterocycles. The molecule has 0 fully saturated rings. The summed E-state index contributed by atoms with van der Waals surface area (Å²) in [6.07, 6.45) is 1.65. The molecule has 0 radical (unpaired) electrons. The fraction of sp³-hybridized carbons (Fsp3) is 0.333. The summed E-state index contributed by atoms with van der Waals surface area (Å²) in [5.41, 5.74) is 1.58. The number of fused-ring (bicyclic) bond motifs is 1. The Hall–Kier alpha value is -1.88. The highest BCUT2D eigenvalue weighted by molar-refractivity contribution is 6.00. The van der Waals surface area contributed by atoms with Crippen molar-refractivity contribution >= 4 is 17.0 Å². The van der Waals surface area contributed by atoms with Crippen molar-refractivity contribution in [3.8, 4) is 0 Å². The largest absolute Gasteiger partial charge is 0.478 e. The van der Waals surface area contributed by atoms with Gasteiger partial charge in [0.1, 0.15) is 5.52 Å². The van der Waals surface area contributed by atoms with Gasteiger partial charge in [0.25, 0.3) is 0 Å². The average Bonchev–Trinajstić information content (AvgIpc) is 2.72. The van der Waals surface area contributed by atoms with E-state index in [-0.39, 0.29) is 5.56 Å². The maximum Gasteiger partial charge on any atom is 0.337 e. The van der Waals surface area contributed by atoms with Crippen LogP contribution in [-0.2, 0) is 11.3 Å². The van der Waals surface area contributed by atoms with Crippen molar-refractivity contribution in [1.29, 1.82) is 0 Å². The number of carboxylic acid groups (broad SMARTS) is 1. The van der Waals surface area contributed by atoms with Crippen molar-refractivity contribution in [1.82, 2.24) is 9.55 Å². The number of carbonyl (C=O) groups is 1. The van der Waals surface area contributed by atoms with Gasteiger partial charge in [0, 0.05) is 13.2 Å². The van der Waals surface area contributed by atoms with Crippen molar-refractivity contribution in [3.05, 3.63) is 30.1 Å². The van der Waals surface area contributed by atoms with Crippen LogP contribution in [0.25, 0.3) is 11.0 Å². The number of para-hydroxylation sites is 1. The van der Waals surface area contributed by atoms with E-state index in [4.69, 9.17) is 9.84 Å². The van der Waals surface area contributed by atoms with Crippen molar-refractivity contribution in [2.24, 2.45) is 0 Å². The number of carboxylic acids is 1. The summed E-state index contributed by atoms with van der Waals surface area (Å²) in [5, 5.41) is 9.03. The molecule has 2 aromatic rings. The molecule has 2 rings (SSSR count). The highest BCUT2D eigenvalue weighted by atomic mass is 16.5. The van der Waals surface area contributed by atoms with Gasteiger partial charge in [0.15, 0.2) is 0 Å². The lowest BCUT2D eigenvalue weighted by molar-refractivity contribution is 0.0699. The predicted molar refractivity (Wildman–Crippen MR) is 63.2 cm³/mol. The van der Waals surface area contributed by atoms with E-state index >= 15 is 0 Å². The Labute approximate surface area is 98.6 Å². The third-order valence-electron chi connectivity index (χ3n) is 2.56. The zero-order chi connectivity index (χ0) is 12.3. The van der Waals surface area contributed by atoms with E-state index in [9.17, 15) is 4.79 Å². The van der Waals surface area contributed by atoms with Gasteiger partial charge >= 0.3 is 5.97 Å². The number of aromatic carboxylic acids is 1. The van der Waals surface area contributed by atoms with Gasteiger partial charge in [-0.1, -0.05) is 6.07 Å². The van der Waals surface area contributed by atoms with Crippen LogP contribution in [0.15, 0.2) is 24.5 Å². The predicted octanol–water partition coefficient (Wildman–Crippen LogP) is 1.77. The van der Waals surface area contributed by atoms with Gasteiger partial charge in [-0.2, -0.15) is 0 Å². The lowest BCUT2D eigenvalue weighted by Crippen LogP contribution is -2.04. The van der Waals surface area contributed by atoms with Gasteiger partial charge in [-0.25, -0.2) is 9.78 Å². The fourth-order valence-electron chi connectivity index (χ4n) is 1.75. The van der Waals surface area contributed by atoms with E-state index in [1.165, 1.54) is 0 Å². The summed E-state index contributed by atoms with van der Waals surface area (Å²) in [4.78, 5) is 15.2. The molecule has 1 N–H and O–H groups in total. The number of imidazole rings is 1. The Morgan fingerprint density at radius 3 is 3.06 bits per heavy atom. The Morgan fingerprint density at radius 1 is 1.53 bits per heavy atom. The van der Waals surface area contributed by atoms with Gasteiger partial charge < -0.3 is 14.4 Å². The third kappa shape index (κ3) is 2.29. The maximum atomic E-state index is 11.0. The van der Waals surface area contributed by atoms with E-state index in [0.717, 1.165) is 5.52 Å². The molecule has 0 unspecified atom stereocenters. The van der Waals surface area contributed by atoms with Crippen molar-refractivity contribution < 1.29 is 14.6 Å². The first-order valence-electron chi connectivity index (χ1n) is 5.49. The van der Waals surface area contributed by atoms with Crippen LogP contribution in [0.3, 0.4) is 0 Å². The number of nitrogens with zero attached hydrogens (tertiary/aromatic N) is 2. The van der Waals surface area contributed by atoms with E-state index in [1.54, 1.807) is 18.5 Å². The number of hydrogen-bond donors (Lipinski definition) is 1. The van der Waals surface area contributed by atoms with Crippen LogP contribution in [0, 0.1) is 0 Å². The molecule has 0 aliphatic rings. The van der Waals surface area contributed by atoms with Crippen LogP contribution in [0.4, 0.5) is 0 Å². The average molecular weight is 234 g/mol. The van der Waals surface area contributed by atoms with Gasteiger partial charge in [-0.05, 0) is 19.1 Å². The van der Waals surface area contributed by atoms with Crippen molar-refractivity contribution in [2.45, 2.75) is 13.5 Å². The zero-order valence-electron chi connectivity index (χ0n) is 9.59. The summed E-state index contributed by atoms with van der Waals surface area (Å²) >= 11 is 0. The Kier molecular flexibility index (Phi) is 3.39. The molecule has 0 aliphatic carbocycles. The molecule has 1 heterocycles. The van der Waals surface area contributed by atoms with Gasteiger partial charge in [0.2, 0.25) is 0 Å². The highest BCUT2D eigenvalue weighted by Gasteiger charge is 2.11. The molecule has 17 heavy (non-hydrogen) atoms. The van der Waals surface area contributed by atoms with Crippen LogP contribution in [-0.4, -0.2) is 33.8 Å². The molecule has 0 atom stereocenters. The Morgan fingerprint density at radius 2 is 2.35 bits per heavy atom. The minimum Gasteiger partial charge on any atom is -0.478 e. The van der Waals surface area contributed by atoms with Crippen molar-refractivity contribution in [3.63, 3.8) is 0 Å². The molecule has 90 valence electrons. The molecular weight excluding hydrogens is 220 g/mol. The van der Waals surface area contributed by atoms with Crippen LogP contribution in [0.2, 0.25) is 0 Å². The minimum absolute atomic E-state index is 0.234. The van der Waals surface area contributed by atoms with E-state index in [2.05, 4.69) is 4.98 Å². The van der Waals surface area contributed by atoms with E-state index in [1.807, 2.05) is 17.6 Å². The number of rotatable bonds is 5. The molecule has 5 heteroatoms. The van der Waals surface area contributed by atoms with Crippen molar-refractivity contribution in [2.75, 3.05) is 13.2 Å². The lowest BCUT2D eigenvalue weighted by atomic mass is 10.2. The van der Waals surface area contributed by atoms with Crippen LogP contribution < -0.4 is 0 Å². The summed E-state index contributed by atoms with van der Waals surface area (Å²) in [6.45, 7) is 3.88. The number of benzene rings is 1. The number of ether oxygens (including phenoxy) is 1. The Bertz CT molecular complexity index is 534. The number of aromatic nitrogens is 2. The first-order valence-corrected chi connectivity index (χ1v) is 5.49. The SMILES string of the molecule is CCOCCn1cnc2c(C(=O)O)cccc21. The lowest BCUT2D eigenvalue weighted by Gasteiger charge is -2.04. The smallest absolute Gasteiger partial charge is 0.337 e. The molecule has 0 bridgehead atoms. The third-order valence-corrected chi connectivity index (χ3v) is 2.56. The molecule has 0 amide bonds. The number of hydrogen-bond acceptors (Lipinski definition) is 3. The van der Waals surface area contributed by atoms with Crippen LogP contribution >= 0.6 is 0 Å². The van der Waals surface area contributed by atoms with Crippen LogP contribution in [0.5, 0.6) is 0 Å². The second-order valence-electron chi connectivity index (χ2n) is 3.61. The van der Waals surface area contributed by atoms with Crippen LogP contribution in [0.1, 0.15) is 17.3 Å². The minimum atomic E-state index is -0.953. The summed E-state index contributed by atoms with van der Waals surface area (Å²) in [7, 11) is 0. The second-order valence-corrected chi connectivity index (χ2v) is 3.61. The second kappa shape index (κ2) is 4.97. The molecule has 1 aromatic carbocycles. The van der Waals surface area contributed by atoms with Gasteiger partial charge in [-0.3, -0.25) is 0 Å². The molecule has 0 saturated heterocycles. The zero-order valence-corrected chi connectivity index (χ0v) is 9.59. The standard InChI is InChI=1S/C12H14N2O3/c1-2-17-7-6-14-8-13-11-9(12(15)16)4-3-5-10(11)14/h3-5,8H,2,6-7H2,1H3,(H,15,16). The molecule has 0 saturated carbocycles. The first-order chi connectivity index (χ1) is 8.24. The van der Waals surface area contributed by atoms with E-state index < -0.39 is 5.97 Å². The quantitative estimate of drug-likeness (QED) is 0.801. The monoisotopic (exact) mass is 234 g/mol. The summed E-state index contributed by atoms with van der Waals surface area (Å²) in [5.74, 6) is -0.953. The molecular formula is C12H14N2O3. The topological polar surface area (TPSA) is 64.4 Å². The first kappa shape index (κ1) is 11.6. The highest BCUT2D eigenvalue weighted by Crippen LogP contribution is 2.17. The Balaban J connectivity index is 2.34. The molecule has 0 aliphatic heterocycles. The van der Waals surface area contributed by atoms with E-state index in [0.29, 0.717) is 25.3 Å². The fourth-order valence-corrected chi connectivity index (χ4v) is 1.75. The van der Waals surface area contributed by atoms with Gasteiger partial charge in [0.05, 0.1) is 24.0 Å². The summed E-state index contributed by atoms with van der Waals surface area (Å²) in [6, 6.07) is 5.15. The maximum absolute atomic E-state index is 11.0. The van der Waals surface area contributed by atoms with Gasteiger partial charge in [-0.15, -0.1) is 0 Å².